The molecule has 0 spiro atoms. The average Bonchev–Trinajstić information content (AvgIpc) is 3.39. The fourth-order valence-corrected chi connectivity index (χ4v) is 4.74. The molecule has 0 saturated carbocycles. The first-order valence-electron chi connectivity index (χ1n) is 9.24. The Hall–Kier alpha value is -2.88. The third-order valence-electron chi connectivity index (χ3n) is 4.25. The molecule has 7 nitrogen and oxygen atoms in total. The van der Waals surface area contributed by atoms with Crippen LogP contribution >= 0.6 is 34.7 Å². The maximum atomic E-state index is 11.2. The highest BCUT2D eigenvalue weighted by atomic mass is 35.5. The van der Waals surface area contributed by atoms with Gasteiger partial charge in [-0.1, -0.05) is 35.5 Å². The number of thiazole rings is 1. The van der Waals surface area contributed by atoms with Crippen LogP contribution in [0.25, 0.3) is 17.1 Å². The number of hydrogen-bond acceptors (Lipinski definition) is 7. The Morgan fingerprint density at radius 2 is 1.97 bits per heavy atom. The van der Waals surface area contributed by atoms with Gasteiger partial charge in [0.25, 0.3) is 0 Å². The van der Waals surface area contributed by atoms with Gasteiger partial charge in [-0.25, -0.2) is 4.98 Å². The number of para-hydroxylation sites is 1. The summed E-state index contributed by atoms with van der Waals surface area (Å²) in [6.45, 7) is 1.46. The van der Waals surface area contributed by atoms with Crippen LogP contribution in [0.2, 0.25) is 5.02 Å². The lowest BCUT2D eigenvalue weighted by Gasteiger charge is -2.12. The summed E-state index contributed by atoms with van der Waals surface area (Å²) in [6, 6.07) is 15.2. The summed E-state index contributed by atoms with van der Waals surface area (Å²) in [5.74, 6) is 1.81. The van der Waals surface area contributed by atoms with Crippen LogP contribution in [0, 0.1) is 0 Å². The minimum atomic E-state index is -0.141. The second-order valence-corrected chi connectivity index (χ2v) is 8.67. The van der Waals surface area contributed by atoms with E-state index in [2.05, 4.69) is 20.5 Å². The molecular weight excluding hydrogens is 454 g/mol. The summed E-state index contributed by atoms with van der Waals surface area (Å²) in [7, 11) is 1.63. The van der Waals surface area contributed by atoms with E-state index in [1.807, 2.05) is 58.5 Å². The van der Waals surface area contributed by atoms with Gasteiger partial charge in [0, 0.05) is 28.8 Å². The van der Waals surface area contributed by atoms with Gasteiger partial charge in [0.15, 0.2) is 16.1 Å². The third kappa shape index (κ3) is 4.90. The van der Waals surface area contributed by atoms with Crippen molar-refractivity contribution in [2.75, 3.05) is 12.4 Å². The monoisotopic (exact) mass is 471 g/mol. The highest BCUT2D eigenvalue weighted by Gasteiger charge is 2.19. The molecule has 0 saturated heterocycles. The van der Waals surface area contributed by atoms with Crippen molar-refractivity contribution in [2.24, 2.45) is 0 Å². The number of methoxy groups -OCH3 is 1. The quantitative estimate of drug-likeness (QED) is 0.368. The van der Waals surface area contributed by atoms with E-state index in [1.165, 1.54) is 30.0 Å². The van der Waals surface area contributed by atoms with Crippen molar-refractivity contribution >= 4 is 45.7 Å². The second kappa shape index (κ2) is 9.51. The number of thioether (sulfide) groups is 1. The number of halogens is 1. The molecule has 1 amide bonds. The molecular formula is C21H18ClN5O2S2. The zero-order valence-electron chi connectivity index (χ0n) is 16.7. The van der Waals surface area contributed by atoms with Crippen LogP contribution in [-0.4, -0.2) is 32.8 Å². The van der Waals surface area contributed by atoms with Crippen LogP contribution in [0.4, 0.5) is 5.13 Å². The average molecular weight is 472 g/mol. The molecule has 2 aromatic carbocycles. The summed E-state index contributed by atoms with van der Waals surface area (Å²) in [6.07, 6.45) is 0. The first-order chi connectivity index (χ1) is 15.0. The van der Waals surface area contributed by atoms with Gasteiger partial charge in [-0.15, -0.1) is 21.5 Å². The molecule has 0 fully saturated rings. The number of nitrogens with one attached hydrogen (secondary N) is 1. The number of ether oxygens (including phenoxy) is 1. The Morgan fingerprint density at radius 1 is 1.19 bits per heavy atom. The summed E-state index contributed by atoms with van der Waals surface area (Å²) in [5.41, 5.74) is 2.57. The smallest absolute Gasteiger partial charge is 0.223 e. The summed E-state index contributed by atoms with van der Waals surface area (Å²) in [4.78, 5) is 15.7. The lowest BCUT2D eigenvalue weighted by atomic mass is 10.2. The van der Waals surface area contributed by atoms with Gasteiger partial charge in [0.05, 0.1) is 18.4 Å². The molecule has 0 aliphatic rings. The van der Waals surface area contributed by atoms with Crippen molar-refractivity contribution in [3.05, 3.63) is 64.6 Å². The Labute approximate surface area is 192 Å². The molecule has 2 aromatic heterocycles. The van der Waals surface area contributed by atoms with Gasteiger partial charge in [0.1, 0.15) is 5.75 Å². The zero-order chi connectivity index (χ0) is 21.8. The Balaban J connectivity index is 1.69. The lowest BCUT2D eigenvalue weighted by molar-refractivity contribution is -0.114. The Kier molecular flexibility index (Phi) is 6.55. The highest BCUT2D eigenvalue weighted by molar-refractivity contribution is 7.98. The van der Waals surface area contributed by atoms with Gasteiger partial charge in [-0.3, -0.25) is 9.36 Å². The van der Waals surface area contributed by atoms with Crippen molar-refractivity contribution < 1.29 is 9.53 Å². The molecule has 0 aliphatic heterocycles. The Bertz CT molecular complexity index is 1210. The topological polar surface area (TPSA) is 81.9 Å². The molecule has 10 heteroatoms. The van der Waals surface area contributed by atoms with Crippen LogP contribution in [0.15, 0.2) is 59.1 Å². The van der Waals surface area contributed by atoms with Crippen LogP contribution in [0.5, 0.6) is 5.75 Å². The van der Waals surface area contributed by atoms with Gasteiger partial charge in [0.2, 0.25) is 5.91 Å². The molecule has 0 bridgehead atoms. The molecule has 4 aromatic rings. The number of anilines is 1. The van der Waals surface area contributed by atoms with E-state index in [0.29, 0.717) is 32.6 Å². The predicted octanol–water partition coefficient (Wildman–Crippen LogP) is 5.30. The lowest BCUT2D eigenvalue weighted by Crippen LogP contribution is -2.05. The number of nitrogens with zero attached hydrogens (tertiary/aromatic N) is 4. The van der Waals surface area contributed by atoms with Gasteiger partial charge in [-0.05, 0) is 36.4 Å². The van der Waals surface area contributed by atoms with Crippen molar-refractivity contribution in [3.8, 4) is 22.8 Å². The molecule has 0 atom stereocenters. The van der Waals surface area contributed by atoms with Crippen molar-refractivity contribution in [3.63, 3.8) is 0 Å². The minimum absolute atomic E-state index is 0.141. The molecule has 0 radical (unpaired) electrons. The van der Waals surface area contributed by atoms with E-state index in [4.69, 9.17) is 16.3 Å². The van der Waals surface area contributed by atoms with Crippen LogP contribution in [0.3, 0.4) is 0 Å². The normalized spacial score (nSPS) is 10.8. The molecule has 1 N–H and O–H groups in total. The number of amides is 1. The highest BCUT2D eigenvalue weighted by Crippen LogP contribution is 2.34. The molecule has 0 aliphatic carbocycles. The van der Waals surface area contributed by atoms with E-state index in [-0.39, 0.29) is 5.91 Å². The molecule has 2 heterocycles. The molecule has 31 heavy (non-hydrogen) atoms. The minimum Gasteiger partial charge on any atom is -0.496 e. The Morgan fingerprint density at radius 3 is 2.71 bits per heavy atom. The van der Waals surface area contributed by atoms with Crippen LogP contribution in [0.1, 0.15) is 12.6 Å². The fourth-order valence-electron chi connectivity index (χ4n) is 2.91. The van der Waals surface area contributed by atoms with Crippen molar-refractivity contribution in [1.82, 2.24) is 19.7 Å². The first-order valence-corrected chi connectivity index (χ1v) is 11.5. The van der Waals surface area contributed by atoms with E-state index in [9.17, 15) is 4.79 Å². The number of aromatic nitrogens is 4. The van der Waals surface area contributed by atoms with Gasteiger partial charge < -0.3 is 10.1 Å². The number of rotatable bonds is 7. The van der Waals surface area contributed by atoms with E-state index in [1.54, 1.807) is 7.11 Å². The van der Waals surface area contributed by atoms with Gasteiger partial charge in [-0.2, -0.15) is 0 Å². The van der Waals surface area contributed by atoms with Crippen molar-refractivity contribution in [2.45, 2.75) is 17.8 Å². The first kappa shape index (κ1) is 21.4. The zero-order valence-corrected chi connectivity index (χ0v) is 19.1. The summed E-state index contributed by atoms with van der Waals surface area (Å²) >= 11 is 8.99. The number of hydrogen-bond donors (Lipinski definition) is 1. The van der Waals surface area contributed by atoms with E-state index >= 15 is 0 Å². The third-order valence-corrected chi connectivity index (χ3v) is 6.27. The number of carbonyl (C=O) groups is 1. The van der Waals surface area contributed by atoms with Crippen LogP contribution in [-0.2, 0) is 10.5 Å². The summed E-state index contributed by atoms with van der Waals surface area (Å²) < 4.78 is 7.50. The maximum Gasteiger partial charge on any atom is 0.223 e. The van der Waals surface area contributed by atoms with Crippen LogP contribution < -0.4 is 10.1 Å². The molecule has 4 rings (SSSR count). The van der Waals surface area contributed by atoms with Gasteiger partial charge >= 0.3 is 0 Å². The molecule has 158 valence electrons. The molecule has 0 unspecified atom stereocenters. The standard InChI is InChI=1S/C21H18ClN5O2S2/c1-13(28)23-20-24-15(11-30-20)12-31-21-26-25-19(17-5-3-4-6-18(17)29-2)27(21)16-9-7-14(22)8-10-16/h3-11H,12H2,1-2H3,(H,23,24,28). The van der Waals surface area contributed by atoms with E-state index < -0.39 is 0 Å². The predicted molar refractivity (Wildman–Crippen MR) is 124 cm³/mol. The maximum absolute atomic E-state index is 11.2. The van der Waals surface area contributed by atoms with E-state index in [0.717, 1.165) is 16.9 Å². The summed E-state index contributed by atoms with van der Waals surface area (Å²) in [5, 5.41) is 15.4. The van der Waals surface area contributed by atoms with Crippen molar-refractivity contribution in [1.29, 1.82) is 0 Å². The largest absolute Gasteiger partial charge is 0.496 e. The SMILES string of the molecule is COc1ccccc1-c1nnc(SCc2csc(NC(C)=O)n2)n1-c1ccc(Cl)cc1. The number of carbonyl (C=O) groups excluding carboxylic acids is 1. The second-order valence-electron chi connectivity index (χ2n) is 6.43. The fraction of sp³-hybridized carbons (Fsp3) is 0.143. The number of benzene rings is 2.